The van der Waals surface area contributed by atoms with Crippen molar-refractivity contribution in [2.75, 3.05) is 27.2 Å². The van der Waals surface area contributed by atoms with Gasteiger partial charge in [0, 0.05) is 44.6 Å². The number of likely N-dealkylation sites (N-methyl/N-ethyl adjacent to an activating group) is 2. The Labute approximate surface area is 120 Å². The third-order valence-electron chi connectivity index (χ3n) is 4.65. The molecule has 0 bridgehead atoms. The molecule has 1 aromatic rings. The minimum Gasteiger partial charge on any atom is -0.344 e. The van der Waals surface area contributed by atoms with E-state index in [0.29, 0.717) is 0 Å². The van der Waals surface area contributed by atoms with E-state index in [1.807, 2.05) is 24.5 Å². The molecular weight excluding hydrogens is 252 g/mol. The fourth-order valence-corrected chi connectivity index (χ4v) is 3.00. The number of aromatic nitrogens is 2. The van der Waals surface area contributed by atoms with Crippen LogP contribution in [0.2, 0.25) is 0 Å². The van der Waals surface area contributed by atoms with Gasteiger partial charge in [0.25, 0.3) is 0 Å². The summed E-state index contributed by atoms with van der Waals surface area (Å²) in [7, 11) is 4.10. The van der Waals surface area contributed by atoms with Crippen LogP contribution >= 0.6 is 0 Å². The summed E-state index contributed by atoms with van der Waals surface area (Å²) in [5.41, 5.74) is 1.25. The maximum atomic E-state index is 12.5. The molecule has 1 amide bonds. The second-order valence-corrected chi connectivity index (χ2v) is 6.24. The minimum atomic E-state index is 0.118. The Morgan fingerprint density at radius 2 is 2.15 bits per heavy atom. The molecule has 2 heterocycles. The van der Waals surface area contributed by atoms with Gasteiger partial charge in [-0.1, -0.05) is 0 Å². The number of amides is 1. The predicted octanol–water partition coefficient (Wildman–Crippen LogP) is 0.998. The lowest BCUT2D eigenvalue weighted by molar-refractivity contribution is -0.135. The molecule has 110 valence electrons. The summed E-state index contributed by atoms with van der Waals surface area (Å²) in [6.45, 7) is 2.60. The quantitative estimate of drug-likeness (QED) is 0.805. The summed E-state index contributed by atoms with van der Waals surface area (Å²) in [6.07, 6.45) is 8.31. The van der Waals surface area contributed by atoms with Crippen LogP contribution in [-0.2, 0) is 17.8 Å². The van der Waals surface area contributed by atoms with Gasteiger partial charge in [0.1, 0.15) is 0 Å². The van der Waals surface area contributed by atoms with Gasteiger partial charge in [0.2, 0.25) is 5.91 Å². The molecule has 0 unspecified atom stereocenters. The highest BCUT2D eigenvalue weighted by molar-refractivity contribution is 5.78. The summed E-state index contributed by atoms with van der Waals surface area (Å²) < 4.78 is 2.12. The predicted molar refractivity (Wildman–Crippen MR) is 77.3 cm³/mol. The summed E-state index contributed by atoms with van der Waals surface area (Å²) in [5, 5.41) is 0. The Kier molecular flexibility index (Phi) is 3.78. The van der Waals surface area contributed by atoms with Crippen LogP contribution in [0.5, 0.6) is 0 Å². The summed E-state index contributed by atoms with van der Waals surface area (Å²) in [5.74, 6) is 0.404. The number of fused-ring (bicyclic) bond motifs is 1. The highest BCUT2D eigenvalue weighted by atomic mass is 16.2. The SMILES string of the molecule is CN(CCN(C)C1CC1)C(=O)[C@@H]1CCc2cncn2C1. The highest BCUT2D eigenvalue weighted by Gasteiger charge is 2.29. The van der Waals surface area contributed by atoms with Crippen LogP contribution in [0.1, 0.15) is 25.0 Å². The first-order valence-electron chi connectivity index (χ1n) is 7.59. The third kappa shape index (κ3) is 2.87. The van der Waals surface area contributed by atoms with Crippen molar-refractivity contribution < 1.29 is 4.79 Å². The summed E-state index contributed by atoms with van der Waals surface area (Å²) in [4.78, 5) is 20.9. The van der Waals surface area contributed by atoms with E-state index in [1.54, 1.807) is 0 Å². The Morgan fingerprint density at radius 3 is 2.90 bits per heavy atom. The molecule has 5 nitrogen and oxygen atoms in total. The zero-order valence-corrected chi connectivity index (χ0v) is 12.5. The minimum absolute atomic E-state index is 0.118. The van der Waals surface area contributed by atoms with E-state index in [9.17, 15) is 4.79 Å². The number of hydrogen-bond donors (Lipinski definition) is 0. The van der Waals surface area contributed by atoms with E-state index in [1.165, 1.54) is 18.5 Å². The van der Waals surface area contributed by atoms with Crippen molar-refractivity contribution in [1.29, 1.82) is 0 Å². The Morgan fingerprint density at radius 1 is 1.35 bits per heavy atom. The first-order chi connectivity index (χ1) is 9.65. The standard InChI is InChI=1S/C15H24N4O/c1-17(13-5-6-13)7-8-18(2)15(20)12-3-4-14-9-16-11-19(14)10-12/h9,11-13H,3-8,10H2,1-2H3/t12-/m1/s1. The van der Waals surface area contributed by atoms with Crippen molar-refractivity contribution in [2.45, 2.75) is 38.3 Å². The lowest BCUT2D eigenvalue weighted by Gasteiger charge is -2.29. The molecule has 0 radical (unpaired) electrons. The van der Waals surface area contributed by atoms with E-state index >= 15 is 0 Å². The Balaban J connectivity index is 1.50. The zero-order chi connectivity index (χ0) is 14.1. The molecule has 1 atom stereocenters. The first-order valence-corrected chi connectivity index (χ1v) is 7.59. The molecule has 2 aliphatic rings. The smallest absolute Gasteiger partial charge is 0.227 e. The van der Waals surface area contributed by atoms with E-state index in [4.69, 9.17) is 0 Å². The van der Waals surface area contributed by atoms with Crippen LogP contribution in [0.25, 0.3) is 0 Å². The number of nitrogens with zero attached hydrogens (tertiary/aromatic N) is 4. The van der Waals surface area contributed by atoms with Crippen molar-refractivity contribution in [3.8, 4) is 0 Å². The highest BCUT2D eigenvalue weighted by Crippen LogP contribution is 2.25. The summed E-state index contributed by atoms with van der Waals surface area (Å²) >= 11 is 0. The van der Waals surface area contributed by atoms with Gasteiger partial charge >= 0.3 is 0 Å². The molecule has 0 saturated heterocycles. The van der Waals surface area contributed by atoms with Gasteiger partial charge in [-0.05, 0) is 32.7 Å². The number of aryl methyl sites for hydroxylation is 1. The van der Waals surface area contributed by atoms with Crippen LogP contribution < -0.4 is 0 Å². The fraction of sp³-hybridized carbons (Fsp3) is 0.733. The van der Waals surface area contributed by atoms with Gasteiger partial charge < -0.3 is 14.4 Å². The summed E-state index contributed by atoms with van der Waals surface area (Å²) in [6, 6.07) is 0.765. The lowest BCUT2D eigenvalue weighted by Crippen LogP contribution is -2.41. The van der Waals surface area contributed by atoms with Crippen molar-refractivity contribution in [3.05, 3.63) is 18.2 Å². The van der Waals surface area contributed by atoms with Crippen LogP contribution in [-0.4, -0.2) is 58.5 Å². The molecule has 0 aromatic carbocycles. The van der Waals surface area contributed by atoms with Crippen molar-refractivity contribution in [2.24, 2.45) is 5.92 Å². The van der Waals surface area contributed by atoms with E-state index < -0.39 is 0 Å². The molecule has 1 aliphatic carbocycles. The first kappa shape index (κ1) is 13.6. The third-order valence-corrected chi connectivity index (χ3v) is 4.65. The number of imidazole rings is 1. The second-order valence-electron chi connectivity index (χ2n) is 6.24. The maximum Gasteiger partial charge on any atom is 0.227 e. The number of hydrogen-bond acceptors (Lipinski definition) is 3. The Bertz CT molecular complexity index is 480. The maximum absolute atomic E-state index is 12.5. The van der Waals surface area contributed by atoms with Gasteiger partial charge in [-0.15, -0.1) is 0 Å². The average Bonchev–Trinajstić information content (AvgIpc) is 3.21. The van der Waals surface area contributed by atoms with Gasteiger partial charge in [-0.2, -0.15) is 0 Å². The zero-order valence-electron chi connectivity index (χ0n) is 12.5. The van der Waals surface area contributed by atoms with Gasteiger partial charge in [0.05, 0.1) is 12.2 Å². The fourth-order valence-electron chi connectivity index (χ4n) is 3.00. The molecule has 0 spiro atoms. The van der Waals surface area contributed by atoms with Crippen LogP contribution in [0, 0.1) is 5.92 Å². The van der Waals surface area contributed by atoms with Crippen molar-refractivity contribution >= 4 is 5.91 Å². The molecular formula is C15H24N4O. The van der Waals surface area contributed by atoms with Gasteiger partial charge in [0.15, 0.2) is 0 Å². The monoisotopic (exact) mass is 276 g/mol. The van der Waals surface area contributed by atoms with Crippen LogP contribution in [0.3, 0.4) is 0 Å². The molecule has 3 rings (SSSR count). The number of carbonyl (C=O) groups is 1. The van der Waals surface area contributed by atoms with Gasteiger partial charge in [-0.25, -0.2) is 4.98 Å². The van der Waals surface area contributed by atoms with E-state index in [-0.39, 0.29) is 11.8 Å². The number of rotatable bonds is 5. The lowest BCUT2D eigenvalue weighted by atomic mass is 9.97. The average molecular weight is 276 g/mol. The van der Waals surface area contributed by atoms with Gasteiger partial charge in [-0.3, -0.25) is 4.79 Å². The topological polar surface area (TPSA) is 41.4 Å². The van der Waals surface area contributed by atoms with E-state index in [2.05, 4.69) is 21.5 Å². The molecule has 1 saturated carbocycles. The van der Waals surface area contributed by atoms with Crippen molar-refractivity contribution in [3.63, 3.8) is 0 Å². The Hall–Kier alpha value is -1.36. The largest absolute Gasteiger partial charge is 0.344 e. The second kappa shape index (κ2) is 5.56. The normalized spacial score (nSPS) is 21.9. The molecule has 1 aliphatic heterocycles. The van der Waals surface area contributed by atoms with E-state index in [0.717, 1.165) is 38.5 Å². The van der Waals surface area contributed by atoms with Crippen molar-refractivity contribution in [1.82, 2.24) is 19.4 Å². The van der Waals surface area contributed by atoms with Crippen LogP contribution in [0.15, 0.2) is 12.5 Å². The molecule has 1 aromatic heterocycles. The molecule has 1 fully saturated rings. The molecule has 0 N–H and O–H groups in total. The number of carbonyl (C=O) groups excluding carboxylic acids is 1. The molecule has 5 heteroatoms. The molecule has 20 heavy (non-hydrogen) atoms. The van der Waals surface area contributed by atoms with Crippen LogP contribution in [0.4, 0.5) is 0 Å².